The number of fused-ring (bicyclic) bond motifs is 1. The maximum absolute atomic E-state index is 11.1. The zero-order valence-electron chi connectivity index (χ0n) is 11.6. The Morgan fingerprint density at radius 3 is 2.80 bits per heavy atom. The lowest BCUT2D eigenvalue weighted by Crippen LogP contribution is -2.38. The highest BCUT2D eigenvalue weighted by Gasteiger charge is 2.28. The van der Waals surface area contributed by atoms with E-state index >= 15 is 0 Å². The Morgan fingerprint density at radius 2 is 2.10 bits per heavy atom. The molecule has 1 saturated heterocycles. The number of carbonyl (C=O) groups is 1. The average Bonchev–Trinajstić information content (AvgIpc) is 2.47. The molecule has 108 valence electrons. The summed E-state index contributed by atoms with van der Waals surface area (Å²) in [5.41, 5.74) is 2.97. The van der Waals surface area contributed by atoms with Crippen LogP contribution in [0.4, 0.5) is 5.95 Å². The number of morpholine rings is 1. The fourth-order valence-electron chi connectivity index (χ4n) is 2.89. The molecule has 2 heterocycles. The van der Waals surface area contributed by atoms with Crippen LogP contribution in [0.5, 0.6) is 0 Å². The Bertz CT molecular complexity index is 527. The molecule has 2 aliphatic rings. The van der Waals surface area contributed by atoms with Crippen LogP contribution in [0.2, 0.25) is 0 Å². The Hall–Kier alpha value is -1.69. The van der Waals surface area contributed by atoms with E-state index in [2.05, 4.69) is 14.9 Å². The van der Waals surface area contributed by atoms with E-state index in [1.54, 1.807) is 0 Å². The normalized spacial score (nSPS) is 22.4. The first-order valence-corrected chi connectivity index (χ1v) is 7.07. The molecule has 6 heteroatoms. The van der Waals surface area contributed by atoms with Gasteiger partial charge in [0.1, 0.15) is 0 Å². The number of anilines is 1. The van der Waals surface area contributed by atoms with Crippen molar-refractivity contribution in [1.82, 2.24) is 9.97 Å². The van der Waals surface area contributed by atoms with Gasteiger partial charge < -0.3 is 14.7 Å². The second kappa shape index (κ2) is 5.36. The lowest BCUT2D eigenvalue weighted by molar-refractivity contribution is -0.142. The molecule has 1 atom stereocenters. The molecule has 0 bridgehead atoms. The molecular formula is C14H19N3O3. The van der Waals surface area contributed by atoms with Gasteiger partial charge in [0.15, 0.2) is 0 Å². The van der Waals surface area contributed by atoms with Crippen molar-refractivity contribution in [2.45, 2.75) is 26.2 Å². The van der Waals surface area contributed by atoms with Crippen LogP contribution in [0.3, 0.4) is 0 Å². The van der Waals surface area contributed by atoms with Gasteiger partial charge in [-0.25, -0.2) is 9.97 Å². The van der Waals surface area contributed by atoms with Crippen LogP contribution >= 0.6 is 0 Å². The predicted octanol–water partition coefficient (Wildman–Crippen LogP) is 0.811. The summed E-state index contributed by atoms with van der Waals surface area (Å²) in [6.45, 7) is 5.00. The fraction of sp³-hybridized carbons (Fsp3) is 0.643. The van der Waals surface area contributed by atoms with Gasteiger partial charge in [0.05, 0.1) is 19.1 Å². The van der Waals surface area contributed by atoms with E-state index in [9.17, 15) is 4.79 Å². The van der Waals surface area contributed by atoms with Gasteiger partial charge in [-0.3, -0.25) is 4.79 Å². The van der Waals surface area contributed by atoms with Gasteiger partial charge in [-0.2, -0.15) is 0 Å². The lowest BCUT2D eigenvalue weighted by Gasteiger charge is -2.29. The van der Waals surface area contributed by atoms with Gasteiger partial charge in [-0.1, -0.05) is 0 Å². The Balaban J connectivity index is 1.87. The van der Waals surface area contributed by atoms with E-state index < -0.39 is 5.97 Å². The summed E-state index contributed by atoms with van der Waals surface area (Å²) >= 11 is 0. The van der Waals surface area contributed by atoms with Gasteiger partial charge in [-0.05, 0) is 31.7 Å². The number of hydrogen-bond acceptors (Lipinski definition) is 5. The topological polar surface area (TPSA) is 75.5 Å². The van der Waals surface area contributed by atoms with Crippen LogP contribution in [0.25, 0.3) is 0 Å². The van der Waals surface area contributed by atoms with Crippen molar-refractivity contribution in [3.63, 3.8) is 0 Å². The molecule has 1 fully saturated rings. The molecular weight excluding hydrogens is 258 g/mol. The van der Waals surface area contributed by atoms with Crippen molar-refractivity contribution in [3.8, 4) is 0 Å². The molecule has 1 aromatic rings. The number of rotatable bonds is 2. The third kappa shape index (κ3) is 2.47. The minimum Gasteiger partial charge on any atom is -0.481 e. The van der Waals surface area contributed by atoms with Crippen LogP contribution in [-0.2, 0) is 22.4 Å². The third-order valence-corrected chi connectivity index (χ3v) is 4.11. The number of aryl methyl sites for hydroxylation is 2. The molecule has 0 aromatic carbocycles. The quantitative estimate of drug-likeness (QED) is 0.862. The highest BCUT2D eigenvalue weighted by atomic mass is 16.5. The van der Waals surface area contributed by atoms with Crippen molar-refractivity contribution in [3.05, 3.63) is 17.0 Å². The highest BCUT2D eigenvalue weighted by molar-refractivity contribution is 5.71. The van der Waals surface area contributed by atoms with Crippen LogP contribution in [0, 0.1) is 12.8 Å². The number of carboxylic acids is 1. The van der Waals surface area contributed by atoms with E-state index in [1.807, 2.05) is 6.92 Å². The molecule has 0 radical (unpaired) electrons. The molecule has 0 amide bonds. The highest BCUT2D eigenvalue weighted by Crippen LogP contribution is 2.28. The second-order valence-corrected chi connectivity index (χ2v) is 5.41. The van der Waals surface area contributed by atoms with Gasteiger partial charge in [-0.15, -0.1) is 0 Å². The number of nitrogens with zero attached hydrogens (tertiary/aromatic N) is 3. The molecule has 1 N–H and O–H groups in total. The van der Waals surface area contributed by atoms with Gasteiger partial charge in [0.25, 0.3) is 0 Å². The number of aromatic nitrogens is 2. The first-order chi connectivity index (χ1) is 9.65. The molecule has 0 spiro atoms. The summed E-state index contributed by atoms with van der Waals surface area (Å²) < 4.78 is 5.34. The standard InChI is InChI=1S/C14H19N3O3/c1-9-11-8-10(13(18)19)2-3-12(11)16-14(15-9)17-4-6-20-7-5-17/h10H,2-8H2,1H3,(H,18,19). The minimum absolute atomic E-state index is 0.293. The molecule has 6 nitrogen and oxygen atoms in total. The van der Waals surface area contributed by atoms with Crippen molar-refractivity contribution in [2.24, 2.45) is 5.92 Å². The molecule has 1 aliphatic heterocycles. The largest absolute Gasteiger partial charge is 0.481 e. The predicted molar refractivity (Wildman–Crippen MR) is 73.0 cm³/mol. The summed E-state index contributed by atoms with van der Waals surface area (Å²) in [4.78, 5) is 22.5. The first kappa shape index (κ1) is 13.3. The van der Waals surface area contributed by atoms with E-state index in [1.165, 1.54) is 0 Å². The summed E-state index contributed by atoms with van der Waals surface area (Å²) in [7, 11) is 0. The SMILES string of the molecule is Cc1nc(N2CCOCC2)nc2c1CC(C(=O)O)CC2. The molecule has 1 aliphatic carbocycles. The van der Waals surface area contributed by atoms with Crippen molar-refractivity contribution < 1.29 is 14.6 Å². The van der Waals surface area contributed by atoms with Crippen molar-refractivity contribution >= 4 is 11.9 Å². The number of carboxylic acid groups (broad SMARTS) is 1. The first-order valence-electron chi connectivity index (χ1n) is 7.07. The Kier molecular flexibility index (Phi) is 3.56. The monoisotopic (exact) mass is 277 g/mol. The van der Waals surface area contributed by atoms with Gasteiger partial charge >= 0.3 is 5.97 Å². The van der Waals surface area contributed by atoms with E-state index in [0.717, 1.165) is 42.4 Å². The second-order valence-electron chi connectivity index (χ2n) is 5.41. The third-order valence-electron chi connectivity index (χ3n) is 4.11. The maximum atomic E-state index is 11.1. The Labute approximate surface area is 117 Å². The summed E-state index contributed by atoms with van der Waals surface area (Å²) in [5.74, 6) is -0.246. The van der Waals surface area contributed by atoms with Crippen molar-refractivity contribution in [2.75, 3.05) is 31.2 Å². The smallest absolute Gasteiger partial charge is 0.306 e. The van der Waals surface area contributed by atoms with E-state index in [4.69, 9.17) is 9.84 Å². The van der Waals surface area contributed by atoms with Crippen molar-refractivity contribution in [1.29, 1.82) is 0 Å². The zero-order chi connectivity index (χ0) is 14.1. The van der Waals surface area contributed by atoms with Crippen LogP contribution < -0.4 is 4.90 Å². The summed E-state index contributed by atoms with van der Waals surface area (Å²) in [6.07, 6.45) is 1.95. The van der Waals surface area contributed by atoms with Crippen LogP contribution in [-0.4, -0.2) is 47.3 Å². The molecule has 0 saturated carbocycles. The van der Waals surface area contributed by atoms with Gasteiger partial charge in [0, 0.05) is 24.5 Å². The molecule has 1 unspecified atom stereocenters. The van der Waals surface area contributed by atoms with Gasteiger partial charge in [0.2, 0.25) is 5.95 Å². The van der Waals surface area contributed by atoms with Crippen LogP contribution in [0.1, 0.15) is 23.4 Å². The van der Waals surface area contributed by atoms with Crippen LogP contribution in [0.15, 0.2) is 0 Å². The van der Waals surface area contributed by atoms with E-state index in [-0.39, 0.29) is 5.92 Å². The minimum atomic E-state index is -0.715. The lowest BCUT2D eigenvalue weighted by atomic mass is 9.86. The molecule has 20 heavy (non-hydrogen) atoms. The zero-order valence-corrected chi connectivity index (χ0v) is 11.6. The van der Waals surface area contributed by atoms with E-state index in [0.29, 0.717) is 26.1 Å². The summed E-state index contributed by atoms with van der Waals surface area (Å²) in [6, 6.07) is 0. The maximum Gasteiger partial charge on any atom is 0.306 e. The molecule has 3 rings (SSSR count). The Morgan fingerprint density at radius 1 is 1.35 bits per heavy atom. The number of hydrogen-bond donors (Lipinski definition) is 1. The number of aliphatic carboxylic acids is 1. The average molecular weight is 277 g/mol. The fourth-order valence-corrected chi connectivity index (χ4v) is 2.89. The molecule has 1 aromatic heterocycles. The number of ether oxygens (including phenoxy) is 1. The summed E-state index contributed by atoms with van der Waals surface area (Å²) in [5, 5.41) is 9.15.